The second-order valence-electron chi connectivity index (χ2n) is 6.67. The predicted octanol–water partition coefficient (Wildman–Crippen LogP) is 2.18. The number of carbonyl (C=O) groups excluding carboxylic acids is 1. The molecule has 2 aromatic heterocycles. The van der Waals surface area contributed by atoms with E-state index in [4.69, 9.17) is 4.74 Å². The van der Waals surface area contributed by atoms with E-state index < -0.39 is 0 Å². The molecular weight excluding hydrogens is 304 g/mol. The van der Waals surface area contributed by atoms with Crippen LogP contribution in [0, 0.1) is 5.41 Å². The molecule has 0 saturated carbocycles. The summed E-state index contributed by atoms with van der Waals surface area (Å²) in [6.07, 6.45) is 9.88. The van der Waals surface area contributed by atoms with Gasteiger partial charge in [-0.15, -0.1) is 0 Å². The zero-order valence-corrected chi connectivity index (χ0v) is 13.5. The van der Waals surface area contributed by atoms with E-state index in [9.17, 15) is 4.79 Å². The highest BCUT2D eigenvalue weighted by Crippen LogP contribution is 2.37. The Balaban J connectivity index is 1.50. The zero-order valence-electron chi connectivity index (χ0n) is 13.5. The summed E-state index contributed by atoms with van der Waals surface area (Å²) >= 11 is 0. The monoisotopic (exact) mass is 324 g/mol. The lowest BCUT2D eigenvalue weighted by molar-refractivity contribution is 0.0462. The summed E-state index contributed by atoms with van der Waals surface area (Å²) in [5.74, 6) is 0.595. The van der Waals surface area contributed by atoms with Crippen LogP contribution in [0.2, 0.25) is 0 Å². The molecule has 1 atom stereocenters. The van der Waals surface area contributed by atoms with Gasteiger partial charge in [0.1, 0.15) is 0 Å². The number of amides is 1. The van der Waals surface area contributed by atoms with Crippen molar-refractivity contribution in [2.45, 2.75) is 19.3 Å². The summed E-state index contributed by atoms with van der Waals surface area (Å²) in [4.78, 5) is 27.4. The third kappa shape index (κ3) is 2.89. The van der Waals surface area contributed by atoms with Gasteiger partial charge in [-0.25, -0.2) is 9.97 Å². The molecule has 2 aliphatic heterocycles. The molecule has 24 heavy (non-hydrogen) atoms. The summed E-state index contributed by atoms with van der Waals surface area (Å²) in [5.41, 5.74) is 1.54. The van der Waals surface area contributed by atoms with Crippen LogP contribution in [0.5, 0.6) is 0 Å². The van der Waals surface area contributed by atoms with E-state index in [1.165, 1.54) is 0 Å². The molecule has 0 aromatic carbocycles. The lowest BCUT2D eigenvalue weighted by Crippen LogP contribution is -2.46. The Morgan fingerprint density at radius 2 is 2.08 bits per heavy atom. The molecule has 0 aliphatic carbocycles. The van der Waals surface area contributed by atoms with Gasteiger partial charge >= 0.3 is 0 Å². The van der Waals surface area contributed by atoms with Crippen molar-refractivity contribution in [2.24, 2.45) is 5.41 Å². The Morgan fingerprint density at radius 1 is 1.21 bits per heavy atom. The molecule has 2 saturated heterocycles. The highest BCUT2D eigenvalue weighted by atomic mass is 16.5. The maximum absolute atomic E-state index is 12.8. The maximum atomic E-state index is 12.8. The van der Waals surface area contributed by atoms with Gasteiger partial charge in [0.05, 0.1) is 12.2 Å². The van der Waals surface area contributed by atoms with Gasteiger partial charge in [0, 0.05) is 55.5 Å². The van der Waals surface area contributed by atoms with Gasteiger partial charge in [-0.3, -0.25) is 9.78 Å². The number of ether oxygens (including phenoxy) is 1. The van der Waals surface area contributed by atoms with Crippen LogP contribution in [0.25, 0.3) is 11.4 Å². The van der Waals surface area contributed by atoms with Crippen molar-refractivity contribution in [1.29, 1.82) is 0 Å². The van der Waals surface area contributed by atoms with Crippen molar-refractivity contribution in [3.8, 4) is 11.4 Å². The topological polar surface area (TPSA) is 68.2 Å². The number of rotatable bonds is 2. The first kappa shape index (κ1) is 15.2. The van der Waals surface area contributed by atoms with Gasteiger partial charge in [-0.2, -0.15) is 0 Å². The zero-order chi connectivity index (χ0) is 16.4. The fraction of sp³-hybridized carbons (Fsp3) is 0.444. The number of nitrogens with zero attached hydrogens (tertiary/aromatic N) is 4. The van der Waals surface area contributed by atoms with Crippen LogP contribution in [0.4, 0.5) is 0 Å². The second kappa shape index (κ2) is 6.28. The quantitative estimate of drug-likeness (QED) is 0.847. The van der Waals surface area contributed by atoms with Crippen LogP contribution in [0.3, 0.4) is 0 Å². The molecule has 1 amide bonds. The largest absolute Gasteiger partial charge is 0.381 e. The third-order valence-electron chi connectivity index (χ3n) is 4.95. The summed E-state index contributed by atoms with van der Waals surface area (Å²) in [5, 5.41) is 0. The van der Waals surface area contributed by atoms with Gasteiger partial charge < -0.3 is 9.64 Å². The summed E-state index contributed by atoms with van der Waals surface area (Å²) in [6.45, 7) is 3.15. The molecule has 1 spiro atoms. The number of pyridine rings is 1. The van der Waals surface area contributed by atoms with E-state index >= 15 is 0 Å². The molecule has 0 radical (unpaired) electrons. The summed E-state index contributed by atoms with van der Waals surface area (Å²) < 4.78 is 5.57. The van der Waals surface area contributed by atoms with Gasteiger partial charge in [0.15, 0.2) is 5.82 Å². The van der Waals surface area contributed by atoms with E-state index in [0.717, 1.165) is 51.1 Å². The SMILES string of the molecule is O=C(c1cnc(-c2cccnc2)nc1)N1CCC[C@@]2(CCOC2)C1. The van der Waals surface area contributed by atoms with Gasteiger partial charge in [-0.1, -0.05) is 0 Å². The van der Waals surface area contributed by atoms with Gasteiger partial charge in [-0.05, 0) is 31.4 Å². The molecule has 2 fully saturated rings. The van der Waals surface area contributed by atoms with Crippen molar-refractivity contribution in [1.82, 2.24) is 19.9 Å². The minimum atomic E-state index is 0.0127. The van der Waals surface area contributed by atoms with E-state index in [0.29, 0.717) is 11.4 Å². The lowest BCUT2D eigenvalue weighted by Gasteiger charge is -2.39. The Kier molecular flexibility index (Phi) is 3.98. The predicted molar refractivity (Wildman–Crippen MR) is 88.3 cm³/mol. The molecule has 0 bridgehead atoms. The van der Waals surface area contributed by atoms with Crippen molar-refractivity contribution < 1.29 is 9.53 Å². The number of carbonyl (C=O) groups is 1. The minimum absolute atomic E-state index is 0.0127. The normalized spacial score (nSPS) is 23.6. The highest BCUT2D eigenvalue weighted by Gasteiger charge is 2.40. The Bertz CT molecular complexity index is 712. The number of likely N-dealkylation sites (tertiary alicyclic amines) is 1. The average molecular weight is 324 g/mol. The van der Waals surface area contributed by atoms with Crippen molar-refractivity contribution in [3.63, 3.8) is 0 Å². The Labute approximate surface area is 140 Å². The molecule has 6 nitrogen and oxygen atoms in total. The van der Waals surface area contributed by atoms with Crippen LogP contribution < -0.4 is 0 Å². The molecule has 4 rings (SSSR count). The van der Waals surface area contributed by atoms with Crippen LogP contribution in [-0.2, 0) is 4.74 Å². The molecule has 4 heterocycles. The van der Waals surface area contributed by atoms with Crippen LogP contribution >= 0.6 is 0 Å². The molecule has 2 aromatic rings. The Morgan fingerprint density at radius 3 is 2.79 bits per heavy atom. The average Bonchev–Trinajstić information content (AvgIpc) is 3.09. The third-order valence-corrected chi connectivity index (χ3v) is 4.95. The van der Waals surface area contributed by atoms with E-state index in [2.05, 4.69) is 15.0 Å². The second-order valence-corrected chi connectivity index (χ2v) is 6.67. The highest BCUT2D eigenvalue weighted by molar-refractivity contribution is 5.93. The van der Waals surface area contributed by atoms with Crippen LogP contribution in [0.1, 0.15) is 29.6 Å². The van der Waals surface area contributed by atoms with Crippen LogP contribution in [-0.4, -0.2) is 52.1 Å². The maximum Gasteiger partial charge on any atom is 0.257 e. The first-order valence-corrected chi connectivity index (χ1v) is 8.35. The molecule has 124 valence electrons. The molecule has 2 aliphatic rings. The van der Waals surface area contributed by atoms with Crippen molar-refractivity contribution >= 4 is 5.91 Å². The fourth-order valence-corrected chi connectivity index (χ4v) is 3.62. The van der Waals surface area contributed by atoms with Gasteiger partial charge in [0.25, 0.3) is 5.91 Å². The van der Waals surface area contributed by atoms with E-state index in [1.54, 1.807) is 24.8 Å². The van der Waals surface area contributed by atoms with Crippen molar-refractivity contribution in [2.75, 3.05) is 26.3 Å². The summed E-state index contributed by atoms with van der Waals surface area (Å²) in [6, 6.07) is 3.74. The van der Waals surface area contributed by atoms with Crippen LogP contribution in [0.15, 0.2) is 36.9 Å². The molecule has 6 heteroatoms. The lowest BCUT2D eigenvalue weighted by atomic mass is 9.79. The molecule has 0 unspecified atom stereocenters. The fourth-order valence-electron chi connectivity index (χ4n) is 3.62. The number of piperidine rings is 1. The Hall–Kier alpha value is -2.34. The van der Waals surface area contributed by atoms with E-state index in [-0.39, 0.29) is 11.3 Å². The minimum Gasteiger partial charge on any atom is -0.381 e. The number of hydrogen-bond acceptors (Lipinski definition) is 5. The standard InChI is InChI=1S/C18H20N4O2/c23-17(22-7-2-4-18(12-22)5-8-24-13-18)15-10-20-16(21-11-15)14-3-1-6-19-9-14/h1,3,6,9-11H,2,4-5,7-8,12-13H2/t18-/m1/s1. The van der Waals surface area contributed by atoms with E-state index in [1.807, 2.05) is 17.0 Å². The molecule has 0 N–H and O–H groups in total. The first-order valence-electron chi connectivity index (χ1n) is 8.35. The number of aromatic nitrogens is 3. The summed E-state index contributed by atoms with van der Waals surface area (Å²) in [7, 11) is 0. The van der Waals surface area contributed by atoms with Gasteiger partial charge in [0.2, 0.25) is 0 Å². The number of hydrogen-bond donors (Lipinski definition) is 0. The smallest absolute Gasteiger partial charge is 0.257 e. The van der Waals surface area contributed by atoms with Crippen molar-refractivity contribution in [3.05, 3.63) is 42.5 Å². The molecular formula is C18H20N4O2. The first-order chi connectivity index (χ1) is 11.8.